The van der Waals surface area contributed by atoms with Gasteiger partial charge in [-0.2, -0.15) is 5.10 Å². The molecule has 1 aliphatic carbocycles. The van der Waals surface area contributed by atoms with E-state index < -0.39 is 0 Å². The van der Waals surface area contributed by atoms with E-state index in [1.54, 1.807) is 0 Å². The largest absolute Gasteiger partial charge is 0.364 e. The first-order valence-corrected chi connectivity index (χ1v) is 7.57. The molecule has 2 N–H and O–H groups in total. The number of nitrogens with one attached hydrogen (secondary N) is 2. The number of anilines is 1. The number of H-pyrrole nitrogens is 1. The lowest BCUT2D eigenvalue weighted by Crippen LogP contribution is -2.30. The molecule has 0 spiro atoms. The van der Waals surface area contributed by atoms with Gasteiger partial charge < -0.3 is 5.32 Å². The van der Waals surface area contributed by atoms with Gasteiger partial charge in [0.15, 0.2) is 5.82 Å². The van der Waals surface area contributed by atoms with Crippen molar-refractivity contribution in [3.63, 3.8) is 0 Å². The number of nitrogens with zero attached hydrogens (tertiary/aromatic N) is 1. The lowest BCUT2D eigenvalue weighted by atomic mass is 9.69. The second-order valence-corrected chi connectivity index (χ2v) is 7.69. The molecule has 1 aromatic heterocycles. The predicted octanol–water partition coefficient (Wildman–Crippen LogP) is 4.16. The lowest BCUT2D eigenvalue weighted by molar-refractivity contribution is 0.182. The molecule has 19 heavy (non-hydrogen) atoms. The number of aryl methyl sites for hydroxylation is 1. The second kappa shape index (κ2) is 4.84. The van der Waals surface area contributed by atoms with Crippen molar-refractivity contribution in [1.82, 2.24) is 10.2 Å². The Labute approximate surface area is 117 Å². The van der Waals surface area contributed by atoms with Crippen molar-refractivity contribution in [1.29, 1.82) is 0 Å². The van der Waals surface area contributed by atoms with E-state index in [0.717, 1.165) is 24.6 Å². The lowest BCUT2D eigenvalue weighted by Gasteiger charge is -2.36. The number of hydrogen-bond acceptors (Lipinski definition) is 2. The van der Waals surface area contributed by atoms with Crippen LogP contribution in [0.3, 0.4) is 0 Å². The van der Waals surface area contributed by atoms with Crippen LogP contribution in [0.4, 0.5) is 5.82 Å². The highest BCUT2D eigenvalue weighted by atomic mass is 15.2. The third-order valence-corrected chi connectivity index (χ3v) is 4.66. The minimum absolute atomic E-state index is 0.0657. The molecule has 0 saturated heterocycles. The Morgan fingerprint density at radius 2 is 1.95 bits per heavy atom. The van der Waals surface area contributed by atoms with Gasteiger partial charge in [0.25, 0.3) is 0 Å². The molecule has 0 saturated carbocycles. The van der Waals surface area contributed by atoms with Gasteiger partial charge in [-0.1, -0.05) is 27.2 Å². The molecule has 1 heterocycles. The van der Waals surface area contributed by atoms with E-state index >= 15 is 0 Å². The number of rotatable bonds is 3. The van der Waals surface area contributed by atoms with E-state index in [0.29, 0.717) is 5.41 Å². The van der Waals surface area contributed by atoms with Crippen LogP contribution in [0.1, 0.15) is 65.6 Å². The summed E-state index contributed by atoms with van der Waals surface area (Å²) in [6, 6.07) is 0. The summed E-state index contributed by atoms with van der Waals surface area (Å²) in [4.78, 5) is 0. The van der Waals surface area contributed by atoms with Crippen LogP contribution in [-0.2, 0) is 12.8 Å². The zero-order chi connectivity index (χ0) is 14.3. The van der Waals surface area contributed by atoms with E-state index in [9.17, 15) is 0 Å². The molecule has 0 bridgehead atoms. The Balaban J connectivity index is 2.21. The van der Waals surface area contributed by atoms with Gasteiger partial charge in [0, 0.05) is 16.8 Å². The van der Waals surface area contributed by atoms with Gasteiger partial charge >= 0.3 is 0 Å². The van der Waals surface area contributed by atoms with E-state index in [2.05, 4.69) is 57.1 Å². The highest BCUT2D eigenvalue weighted by molar-refractivity contribution is 5.49. The highest BCUT2D eigenvalue weighted by Gasteiger charge is 2.33. The molecular weight excluding hydrogens is 234 g/mol. The van der Waals surface area contributed by atoms with Crippen molar-refractivity contribution < 1.29 is 0 Å². The Morgan fingerprint density at radius 3 is 2.53 bits per heavy atom. The van der Waals surface area contributed by atoms with Crippen LogP contribution in [0, 0.1) is 11.3 Å². The van der Waals surface area contributed by atoms with Gasteiger partial charge in [-0.3, -0.25) is 5.10 Å². The number of aromatic amines is 1. The second-order valence-electron chi connectivity index (χ2n) is 7.69. The van der Waals surface area contributed by atoms with E-state index in [4.69, 9.17) is 0 Å². The standard InChI is InChI=1S/C16H29N3/c1-7-16(5,6)11-8-9-13-12(10-11)14(19-18-13)17-15(2,3)4/h11H,7-10H2,1-6H3,(H2,17,18,19). The highest BCUT2D eigenvalue weighted by Crippen LogP contribution is 2.41. The minimum atomic E-state index is 0.0657. The zero-order valence-electron chi connectivity index (χ0n) is 13.4. The molecule has 0 aliphatic heterocycles. The molecule has 1 atom stereocenters. The third-order valence-electron chi connectivity index (χ3n) is 4.66. The predicted molar refractivity (Wildman–Crippen MR) is 81.6 cm³/mol. The number of aromatic nitrogens is 2. The van der Waals surface area contributed by atoms with Gasteiger partial charge in [0.1, 0.15) is 0 Å². The van der Waals surface area contributed by atoms with E-state index in [-0.39, 0.29) is 5.54 Å². The number of hydrogen-bond donors (Lipinski definition) is 2. The molecule has 3 nitrogen and oxygen atoms in total. The zero-order valence-corrected chi connectivity index (χ0v) is 13.4. The molecule has 3 heteroatoms. The van der Waals surface area contributed by atoms with Crippen LogP contribution in [0.2, 0.25) is 0 Å². The first-order valence-electron chi connectivity index (χ1n) is 7.57. The molecule has 0 radical (unpaired) electrons. The van der Waals surface area contributed by atoms with Crippen molar-refractivity contribution in [2.24, 2.45) is 11.3 Å². The van der Waals surface area contributed by atoms with Crippen LogP contribution in [-0.4, -0.2) is 15.7 Å². The van der Waals surface area contributed by atoms with Crippen LogP contribution in [0.25, 0.3) is 0 Å². The van der Waals surface area contributed by atoms with E-state index in [1.807, 2.05) is 0 Å². The summed E-state index contributed by atoms with van der Waals surface area (Å²) < 4.78 is 0. The van der Waals surface area contributed by atoms with Crippen molar-refractivity contribution in [3.8, 4) is 0 Å². The third kappa shape index (κ3) is 3.13. The van der Waals surface area contributed by atoms with Gasteiger partial charge in [0.2, 0.25) is 0 Å². The van der Waals surface area contributed by atoms with Gasteiger partial charge in [-0.15, -0.1) is 0 Å². The SMILES string of the molecule is CCC(C)(C)C1CCc2[nH]nc(NC(C)(C)C)c2C1. The maximum Gasteiger partial charge on any atom is 0.151 e. The fourth-order valence-corrected chi connectivity index (χ4v) is 2.91. The summed E-state index contributed by atoms with van der Waals surface area (Å²) in [5.41, 5.74) is 3.26. The molecule has 0 fully saturated rings. The Bertz CT molecular complexity index is 437. The van der Waals surface area contributed by atoms with Crippen LogP contribution in [0.15, 0.2) is 0 Å². The summed E-state index contributed by atoms with van der Waals surface area (Å²) in [5, 5.41) is 11.3. The summed E-state index contributed by atoms with van der Waals surface area (Å²) in [6.07, 6.45) is 4.82. The molecule has 2 rings (SSSR count). The van der Waals surface area contributed by atoms with Crippen molar-refractivity contribution in [2.75, 3.05) is 5.32 Å². The van der Waals surface area contributed by atoms with Crippen molar-refractivity contribution in [2.45, 2.75) is 72.8 Å². The average Bonchev–Trinajstić information content (AvgIpc) is 2.69. The molecular formula is C16H29N3. The summed E-state index contributed by atoms with van der Waals surface area (Å²) >= 11 is 0. The summed E-state index contributed by atoms with van der Waals surface area (Å²) in [6.45, 7) is 13.7. The summed E-state index contributed by atoms with van der Waals surface area (Å²) in [5.74, 6) is 1.84. The average molecular weight is 263 g/mol. The monoisotopic (exact) mass is 263 g/mol. The quantitative estimate of drug-likeness (QED) is 0.859. The maximum absolute atomic E-state index is 4.49. The van der Waals surface area contributed by atoms with Crippen LogP contribution < -0.4 is 5.32 Å². The minimum Gasteiger partial charge on any atom is -0.364 e. The first-order chi connectivity index (χ1) is 8.73. The summed E-state index contributed by atoms with van der Waals surface area (Å²) in [7, 11) is 0. The van der Waals surface area contributed by atoms with Crippen molar-refractivity contribution in [3.05, 3.63) is 11.3 Å². The Morgan fingerprint density at radius 1 is 1.26 bits per heavy atom. The molecule has 108 valence electrons. The van der Waals surface area contributed by atoms with Crippen LogP contribution >= 0.6 is 0 Å². The van der Waals surface area contributed by atoms with Crippen LogP contribution in [0.5, 0.6) is 0 Å². The van der Waals surface area contributed by atoms with Crippen molar-refractivity contribution >= 4 is 5.82 Å². The topological polar surface area (TPSA) is 40.7 Å². The van der Waals surface area contributed by atoms with Gasteiger partial charge in [-0.05, 0) is 51.4 Å². The number of fused-ring (bicyclic) bond motifs is 1. The maximum atomic E-state index is 4.49. The fraction of sp³-hybridized carbons (Fsp3) is 0.812. The molecule has 0 amide bonds. The van der Waals surface area contributed by atoms with E-state index in [1.165, 1.54) is 24.1 Å². The first kappa shape index (κ1) is 14.4. The Hall–Kier alpha value is -0.990. The molecule has 0 aromatic carbocycles. The molecule has 1 aromatic rings. The smallest absolute Gasteiger partial charge is 0.151 e. The van der Waals surface area contributed by atoms with Gasteiger partial charge in [-0.25, -0.2) is 0 Å². The molecule has 1 unspecified atom stereocenters. The normalized spacial score (nSPS) is 20.2. The van der Waals surface area contributed by atoms with Gasteiger partial charge in [0.05, 0.1) is 0 Å². The Kier molecular flexibility index (Phi) is 3.67. The fourth-order valence-electron chi connectivity index (χ4n) is 2.91. The molecule has 1 aliphatic rings.